The molecule has 2 aromatic carbocycles. The van der Waals surface area contributed by atoms with Crippen LogP contribution in [0.4, 0.5) is 0 Å². The van der Waals surface area contributed by atoms with Gasteiger partial charge in [0.25, 0.3) is 0 Å². The lowest BCUT2D eigenvalue weighted by atomic mass is 9.86. The Kier molecular flexibility index (Phi) is 4.39. The van der Waals surface area contributed by atoms with Crippen molar-refractivity contribution in [2.75, 3.05) is 0 Å². The molecule has 0 aromatic heterocycles. The van der Waals surface area contributed by atoms with Crippen molar-refractivity contribution >= 4 is 0 Å². The first-order valence-electron chi connectivity index (χ1n) is 7.04. The molecule has 0 saturated heterocycles. The van der Waals surface area contributed by atoms with Gasteiger partial charge in [-0.1, -0.05) is 61.5 Å². The Bertz CT molecular complexity index is 497. The van der Waals surface area contributed by atoms with Gasteiger partial charge in [-0.3, -0.25) is 0 Å². The van der Waals surface area contributed by atoms with E-state index in [1.807, 2.05) is 0 Å². The van der Waals surface area contributed by atoms with E-state index in [4.69, 9.17) is 5.73 Å². The second-order valence-corrected chi connectivity index (χ2v) is 5.45. The van der Waals surface area contributed by atoms with Crippen molar-refractivity contribution < 1.29 is 0 Å². The lowest BCUT2D eigenvalue weighted by Crippen LogP contribution is -2.33. The maximum absolute atomic E-state index is 6.48. The summed E-state index contributed by atoms with van der Waals surface area (Å²) in [6, 6.07) is 19.2. The fourth-order valence-electron chi connectivity index (χ4n) is 2.31. The van der Waals surface area contributed by atoms with Crippen LogP contribution in [-0.2, 0) is 18.4 Å². The number of rotatable bonds is 5. The standard InChI is InChI=1S/C18H23N/c1-3-15-9-11-17(12-10-15)18(2,19)14-13-16-7-5-4-6-8-16/h4-12H,3,13-14,19H2,1-2H3. The van der Waals surface area contributed by atoms with E-state index in [0.29, 0.717) is 0 Å². The first-order valence-corrected chi connectivity index (χ1v) is 7.04. The summed E-state index contributed by atoms with van der Waals surface area (Å²) < 4.78 is 0. The number of aryl methyl sites for hydroxylation is 2. The van der Waals surface area contributed by atoms with Crippen LogP contribution in [0.1, 0.15) is 37.0 Å². The SMILES string of the molecule is CCc1ccc(C(C)(N)CCc2ccccc2)cc1. The van der Waals surface area contributed by atoms with Crippen LogP contribution < -0.4 is 5.73 Å². The third-order valence-corrected chi connectivity index (χ3v) is 3.80. The van der Waals surface area contributed by atoms with Crippen molar-refractivity contribution in [2.24, 2.45) is 5.73 Å². The molecule has 1 heteroatoms. The Labute approximate surface area is 116 Å². The van der Waals surface area contributed by atoms with Crippen molar-refractivity contribution in [1.29, 1.82) is 0 Å². The van der Waals surface area contributed by atoms with Crippen LogP contribution in [0.25, 0.3) is 0 Å². The Balaban J connectivity index is 2.04. The summed E-state index contributed by atoms with van der Waals surface area (Å²) in [5.41, 5.74) is 10.2. The molecule has 1 unspecified atom stereocenters. The van der Waals surface area contributed by atoms with E-state index < -0.39 is 0 Å². The van der Waals surface area contributed by atoms with Crippen molar-refractivity contribution in [3.8, 4) is 0 Å². The minimum atomic E-state index is -0.262. The van der Waals surface area contributed by atoms with Gasteiger partial charge < -0.3 is 5.73 Å². The Morgan fingerprint density at radius 3 is 2.11 bits per heavy atom. The molecular formula is C18H23N. The highest BCUT2D eigenvalue weighted by Gasteiger charge is 2.20. The highest BCUT2D eigenvalue weighted by molar-refractivity contribution is 5.28. The molecule has 2 aromatic rings. The second-order valence-electron chi connectivity index (χ2n) is 5.45. The van der Waals surface area contributed by atoms with Gasteiger partial charge in [-0.25, -0.2) is 0 Å². The molecule has 2 N–H and O–H groups in total. The predicted molar refractivity (Wildman–Crippen MR) is 82.1 cm³/mol. The third kappa shape index (κ3) is 3.68. The number of benzene rings is 2. The average molecular weight is 253 g/mol. The predicted octanol–water partition coefficient (Wildman–Crippen LogP) is 4.06. The van der Waals surface area contributed by atoms with Gasteiger partial charge in [-0.15, -0.1) is 0 Å². The monoisotopic (exact) mass is 253 g/mol. The molecule has 0 aliphatic heterocycles. The van der Waals surface area contributed by atoms with E-state index in [1.54, 1.807) is 0 Å². The zero-order chi connectivity index (χ0) is 13.7. The highest BCUT2D eigenvalue weighted by atomic mass is 14.7. The molecule has 0 aliphatic rings. The fraction of sp³-hybridized carbons (Fsp3) is 0.333. The Hall–Kier alpha value is -1.60. The summed E-state index contributed by atoms with van der Waals surface area (Å²) in [7, 11) is 0. The van der Waals surface area contributed by atoms with E-state index in [1.165, 1.54) is 16.7 Å². The van der Waals surface area contributed by atoms with Gasteiger partial charge in [0.15, 0.2) is 0 Å². The van der Waals surface area contributed by atoms with Gasteiger partial charge in [0.1, 0.15) is 0 Å². The van der Waals surface area contributed by atoms with E-state index >= 15 is 0 Å². The Morgan fingerprint density at radius 2 is 1.53 bits per heavy atom. The lowest BCUT2D eigenvalue weighted by Gasteiger charge is -2.25. The second kappa shape index (κ2) is 6.03. The zero-order valence-electron chi connectivity index (χ0n) is 11.9. The summed E-state index contributed by atoms with van der Waals surface area (Å²) >= 11 is 0. The first kappa shape index (κ1) is 13.8. The fourth-order valence-corrected chi connectivity index (χ4v) is 2.31. The minimum absolute atomic E-state index is 0.262. The summed E-state index contributed by atoms with van der Waals surface area (Å²) in [5.74, 6) is 0. The normalized spacial score (nSPS) is 14.1. The molecule has 0 radical (unpaired) electrons. The molecule has 0 saturated carbocycles. The van der Waals surface area contributed by atoms with Crippen LogP contribution in [0, 0.1) is 0 Å². The molecule has 2 rings (SSSR count). The van der Waals surface area contributed by atoms with Gasteiger partial charge in [0.05, 0.1) is 0 Å². The van der Waals surface area contributed by atoms with Gasteiger partial charge in [0.2, 0.25) is 0 Å². The van der Waals surface area contributed by atoms with E-state index in [2.05, 4.69) is 68.4 Å². The van der Waals surface area contributed by atoms with Gasteiger partial charge in [-0.05, 0) is 42.9 Å². The maximum Gasteiger partial charge on any atom is 0.0384 e. The van der Waals surface area contributed by atoms with Gasteiger partial charge >= 0.3 is 0 Å². The van der Waals surface area contributed by atoms with E-state index in [0.717, 1.165) is 19.3 Å². The van der Waals surface area contributed by atoms with Crippen molar-refractivity contribution in [3.63, 3.8) is 0 Å². The smallest absolute Gasteiger partial charge is 0.0384 e. The van der Waals surface area contributed by atoms with Crippen LogP contribution in [0.2, 0.25) is 0 Å². The van der Waals surface area contributed by atoms with Gasteiger partial charge in [-0.2, -0.15) is 0 Å². The Morgan fingerprint density at radius 1 is 0.895 bits per heavy atom. The number of nitrogens with two attached hydrogens (primary N) is 1. The van der Waals surface area contributed by atoms with E-state index in [-0.39, 0.29) is 5.54 Å². The van der Waals surface area contributed by atoms with Crippen LogP contribution in [-0.4, -0.2) is 0 Å². The van der Waals surface area contributed by atoms with E-state index in [9.17, 15) is 0 Å². The highest BCUT2D eigenvalue weighted by Crippen LogP contribution is 2.24. The topological polar surface area (TPSA) is 26.0 Å². The summed E-state index contributed by atoms with van der Waals surface area (Å²) in [6.45, 7) is 4.29. The summed E-state index contributed by atoms with van der Waals surface area (Å²) in [4.78, 5) is 0. The molecular weight excluding hydrogens is 230 g/mol. The van der Waals surface area contributed by atoms with Gasteiger partial charge in [0, 0.05) is 5.54 Å². The molecule has 0 aliphatic carbocycles. The third-order valence-electron chi connectivity index (χ3n) is 3.80. The molecule has 1 nitrogen and oxygen atoms in total. The zero-order valence-corrected chi connectivity index (χ0v) is 11.9. The first-order chi connectivity index (χ1) is 9.12. The molecule has 19 heavy (non-hydrogen) atoms. The number of hydrogen-bond donors (Lipinski definition) is 1. The number of hydrogen-bond acceptors (Lipinski definition) is 1. The molecule has 100 valence electrons. The quantitative estimate of drug-likeness (QED) is 0.854. The molecule has 0 bridgehead atoms. The van der Waals surface area contributed by atoms with Crippen molar-refractivity contribution in [1.82, 2.24) is 0 Å². The maximum atomic E-state index is 6.48. The molecule has 0 spiro atoms. The largest absolute Gasteiger partial charge is 0.322 e. The van der Waals surface area contributed by atoms with Crippen molar-refractivity contribution in [2.45, 2.75) is 38.6 Å². The van der Waals surface area contributed by atoms with Crippen LogP contribution in [0.3, 0.4) is 0 Å². The van der Waals surface area contributed by atoms with Crippen LogP contribution >= 0.6 is 0 Å². The molecule has 1 atom stereocenters. The van der Waals surface area contributed by atoms with Crippen molar-refractivity contribution in [3.05, 3.63) is 71.3 Å². The van der Waals surface area contributed by atoms with Crippen LogP contribution in [0.15, 0.2) is 54.6 Å². The summed E-state index contributed by atoms with van der Waals surface area (Å²) in [6.07, 6.45) is 3.05. The van der Waals surface area contributed by atoms with Crippen LogP contribution in [0.5, 0.6) is 0 Å². The average Bonchev–Trinajstić information content (AvgIpc) is 2.46. The molecule has 0 fully saturated rings. The summed E-state index contributed by atoms with van der Waals surface area (Å²) in [5, 5.41) is 0. The molecule has 0 heterocycles. The molecule has 0 amide bonds. The minimum Gasteiger partial charge on any atom is -0.322 e. The lowest BCUT2D eigenvalue weighted by molar-refractivity contribution is 0.453.